The van der Waals surface area contributed by atoms with Crippen LogP contribution in [0.4, 0.5) is 0 Å². The molecule has 1 saturated heterocycles. The zero-order valence-electron chi connectivity index (χ0n) is 14.7. The van der Waals surface area contributed by atoms with Gasteiger partial charge in [0.2, 0.25) is 0 Å². The number of ether oxygens (including phenoxy) is 2. The van der Waals surface area contributed by atoms with Crippen LogP contribution < -0.4 is 0 Å². The molecule has 3 heteroatoms. The van der Waals surface area contributed by atoms with Crippen LogP contribution in [-0.2, 0) is 9.47 Å². The Hall–Kier alpha value is -1.61. The van der Waals surface area contributed by atoms with Crippen molar-refractivity contribution in [3.63, 3.8) is 0 Å². The zero-order valence-corrected chi connectivity index (χ0v) is 14.7. The van der Waals surface area contributed by atoms with Crippen LogP contribution in [0.25, 0.3) is 0 Å². The summed E-state index contributed by atoms with van der Waals surface area (Å²) in [6.07, 6.45) is 1.91. The van der Waals surface area contributed by atoms with Gasteiger partial charge >= 0.3 is 5.97 Å². The molecule has 1 aromatic rings. The summed E-state index contributed by atoms with van der Waals surface area (Å²) in [5.74, 6) is 0.113. The Kier molecular flexibility index (Phi) is 5.30. The molecule has 0 amide bonds. The van der Waals surface area contributed by atoms with E-state index in [0.717, 1.165) is 18.4 Å². The molecule has 23 heavy (non-hydrogen) atoms. The zero-order chi connectivity index (χ0) is 17.1. The summed E-state index contributed by atoms with van der Waals surface area (Å²) in [5, 5.41) is 0. The SMILES string of the molecule is C=C(C)CC1CC(C)(COC(=O)c2ccccc2)COC1(C)C. The molecule has 3 nitrogen and oxygen atoms in total. The van der Waals surface area contributed by atoms with E-state index in [1.54, 1.807) is 12.1 Å². The van der Waals surface area contributed by atoms with E-state index in [9.17, 15) is 4.79 Å². The molecule has 1 heterocycles. The summed E-state index contributed by atoms with van der Waals surface area (Å²) in [7, 11) is 0. The summed E-state index contributed by atoms with van der Waals surface area (Å²) in [4.78, 5) is 12.1. The van der Waals surface area contributed by atoms with Crippen LogP contribution in [0.5, 0.6) is 0 Å². The van der Waals surface area contributed by atoms with Gasteiger partial charge in [0.05, 0.1) is 24.4 Å². The molecular formula is C20H28O3. The molecule has 1 aliphatic rings. The summed E-state index contributed by atoms with van der Waals surface area (Å²) in [6.45, 7) is 13.5. The van der Waals surface area contributed by atoms with Crippen molar-refractivity contribution in [3.8, 4) is 0 Å². The molecule has 126 valence electrons. The first kappa shape index (κ1) is 17.7. The van der Waals surface area contributed by atoms with Gasteiger partial charge in [-0.05, 0) is 51.7 Å². The fourth-order valence-corrected chi connectivity index (χ4v) is 3.11. The molecule has 1 aliphatic heterocycles. The fraction of sp³-hybridized carbons (Fsp3) is 0.550. The number of rotatable bonds is 5. The summed E-state index contributed by atoms with van der Waals surface area (Å²) in [5.41, 5.74) is 1.44. The third kappa shape index (κ3) is 4.68. The molecule has 0 saturated carbocycles. The van der Waals surface area contributed by atoms with E-state index in [1.807, 2.05) is 18.2 Å². The minimum Gasteiger partial charge on any atom is -0.461 e. The van der Waals surface area contributed by atoms with Crippen molar-refractivity contribution in [2.75, 3.05) is 13.2 Å². The largest absolute Gasteiger partial charge is 0.461 e. The Morgan fingerprint density at radius 1 is 1.30 bits per heavy atom. The molecule has 1 aromatic carbocycles. The van der Waals surface area contributed by atoms with Crippen molar-refractivity contribution >= 4 is 5.97 Å². The van der Waals surface area contributed by atoms with E-state index in [4.69, 9.17) is 9.47 Å². The van der Waals surface area contributed by atoms with Gasteiger partial charge in [-0.3, -0.25) is 0 Å². The Balaban J connectivity index is 1.99. The molecule has 0 radical (unpaired) electrons. The summed E-state index contributed by atoms with van der Waals surface area (Å²) >= 11 is 0. The molecule has 2 rings (SSSR count). The standard InChI is InChI=1S/C20H28O3/c1-15(2)11-17-12-20(5,14-23-19(17,3)4)13-22-18(21)16-9-7-6-8-10-16/h6-10,17H,1,11-14H2,2-5H3. The van der Waals surface area contributed by atoms with Crippen LogP contribution in [-0.4, -0.2) is 24.8 Å². The van der Waals surface area contributed by atoms with Gasteiger partial charge in [-0.2, -0.15) is 0 Å². The van der Waals surface area contributed by atoms with Gasteiger partial charge in [0.1, 0.15) is 0 Å². The van der Waals surface area contributed by atoms with E-state index in [-0.39, 0.29) is 17.0 Å². The lowest BCUT2D eigenvalue weighted by atomic mass is 9.71. The first-order chi connectivity index (χ1) is 10.7. The predicted molar refractivity (Wildman–Crippen MR) is 92.4 cm³/mol. The van der Waals surface area contributed by atoms with E-state index >= 15 is 0 Å². The average molecular weight is 316 g/mol. The highest BCUT2D eigenvalue weighted by Gasteiger charge is 2.43. The number of benzene rings is 1. The molecule has 2 unspecified atom stereocenters. The topological polar surface area (TPSA) is 35.5 Å². The predicted octanol–water partition coefficient (Wildman–Crippen LogP) is 4.63. The Morgan fingerprint density at radius 2 is 1.96 bits per heavy atom. The lowest BCUT2D eigenvalue weighted by molar-refractivity contribution is -0.157. The number of carbonyl (C=O) groups excluding carboxylic acids is 1. The summed E-state index contributed by atoms with van der Waals surface area (Å²) < 4.78 is 11.7. The minimum atomic E-state index is -0.270. The Labute approximate surface area is 139 Å². The van der Waals surface area contributed by atoms with Gasteiger partial charge in [0.15, 0.2) is 0 Å². The van der Waals surface area contributed by atoms with Gasteiger partial charge in [-0.1, -0.05) is 30.7 Å². The van der Waals surface area contributed by atoms with Gasteiger partial charge in [-0.25, -0.2) is 4.79 Å². The quantitative estimate of drug-likeness (QED) is 0.587. The molecule has 0 N–H and O–H groups in total. The third-order valence-electron chi connectivity index (χ3n) is 4.67. The van der Waals surface area contributed by atoms with Crippen LogP contribution in [0.1, 0.15) is 50.9 Å². The maximum atomic E-state index is 12.1. The van der Waals surface area contributed by atoms with Crippen LogP contribution in [0.15, 0.2) is 42.5 Å². The van der Waals surface area contributed by atoms with Gasteiger partial charge < -0.3 is 9.47 Å². The molecule has 0 bridgehead atoms. The highest BCUT2D eigenvalue weighted by atomic mass is 16.5. The maximum absolute atomic E-state index is 12.1. The van der Waals surface area contributed by atoms with E-state index < -0.39 is 0 Å². The van der Waals surface area contributed by atoms with Crippen molar-refractivity contribution in [2.24, 2.45) is 11.3 Å². The molecular weight excluding hydrogens is 288 g/mol. The van der Waals surface area contributed by atoms with Crippen LogP contribution in [0.2, 0.25) is 0 Å². The van der Waals surface area contributed by atoms with Gasteiger partial charge in [0.25, 0.3) is 0 Å². The highest BCUT2D eigenvalue weighted by Crippen LogP contribution is 2.43. The van der Waals surface area contributed by atoms with Gasteiger partial charge in [-0.15, -0.1) is 6.58 Å². The maximum Gasteiger partial charge on any atom is 0.338 e. The Morgan fingerprint density at radius 3 is 2.57 bits per heavy atom. The second-order valence-electron chi connectivity index (χ2n) is 7.71. The van der Waals surface area contributed by atoms with Crippen LogP contribution in [0, 0.1) is 11.3 Å². The molecule has 2 atom stereocenters. The second kappa shape index (κ2) is 6.88. The molecule has 1 fully saturated rings. The van der Waals surface area contributed by atoms with Crippen LogP contribution >= 0.6 is 0 Å². The van der Waals surface area contributed by atoms with Crippen molar-refractivity contribution in [1.29, 1.82) is 0 Å². The third-order valence-corrected chi connectivity index (χ3v) is 4.67. The highest BCUT2D eigenvalue weighted by molar-refractivity contribution is 5.89. The van der Waals surface area contributed by atoms with E-state index in [0.29, 0.717) is 24.7 Å². The number of carbonyl (C=O) groups is 1. The lowest BCUT2D eigenvalue weighted by Gasteiger charge is -2.47. The number of esters is 1. The first-order valence-electron chi connectivity index (χ1n) is 8.22. The second-order valence-corrected chi connectivity index (χ2v) is 7.71. The minimum absolute atomic E-state index is 0.153. The molecule has 0 aromatic heterocycles. The lowest BCUT2D eigenvalue weighted by Crippen LogP contribution is -2.48. The Bertz CT molecular complexity index is 562. The number of hydrogen-bond acceptors (Lipinski definition) is 3. The van der Waals surface area contributed by atoms with Crippen molar-refractivity contribution < 1.29 is 14.3 Å². The van der Waals surface area contributed by atoms with E-state index in [2.05, 4.69) is 34.3 Å². The van der Waals surface area contributed by atoms with Crippen molar-refractivity contribution in [1.82, 2.24) is 0 Å². The molecule has 0 spiro atoms. The summed E-state index contributed by atoms with van der Waals surface area (Å²) in [6, 6.07) is 9.11. The number of hydrogen-bond donors (Lipinski definition) is 0. The smallest absolute Gasteiger partial charge is 0.338 e. The van der Waals surface area contributed by atoms with E-state index in [1.165, 1.54) is 0 Å². The first-order valence-corrected chi connectivity index (χ1v) is 8.22. The van der Waals surface area contributed by atoms with Crippen molar-refractivity contribution in [3.05, 3.63) is 48.0 Å². The normalized spacial score (nSPS) is 26.5. The molecule has 0 aliphatic carbocycles. The fourth-order valence-electron chi connectivity index (χ4n) is 3.11. The monoisotopic (exact) mass is 316 g/mol. The van der Waals surface area contributed by atoms with Crippen molar-refractivity contribution in [2.45, 2.75) is 46.1 Å². The van der Waals surface area contributed by atoms with Gasteiger partial charge in [0, 0.05) is 5.41 Å². The number of allylic oxidation sites excluding steroid dienone is 1. The average Bonchev–Trinajstić information content (AvgIpc) is 2.50. The van der Waals surface area contributed by atoms with Crippen LogP contribution in [0.3, 0.4) is 0 Å².